The van der Waals surface area contributed by atoms with Crippen LogP contribution in [0.3, 0.4) is 0 Å². The monoisotopic (exact) mass is 330 g/mol. The molecule has 25 heavy (non-hydrogen) atoms. The lowest BCUT2D eigenvalue weighted by atomic mass is 9.96. The maximum atomic E-state index is 3.65. The highest BCUT2D eigenvalue weighted by molar-refractivity contribution is 5.89. The second-order valence-electron chi connectivity index (χ2n) is 7.53. The second-order valence-corrected chi connectivity index (χ2v) is 7.53. The van der Waals surface area contributed by atoms with E-state index >= 15 is 0 Å². The smallest absolute Gasteiger partial charge is 0.0378 e. The molecule has 1 fully saturated rings. The van der Waals surface area contributed by atoms with Gasteiger partial charge in [-0.3, -0.25) is 0 Å². The van der Waals surface area contributed by atoms with E-state index in [9.17, 15) is 0 Å². The summed E-state index contributed by atoms with van der Waals surface area (Å²) in [5.74, 6) is 0. The Hall–Kier alpha value is -2.32. The van der Waals surface area contributed by atoms with Gasteiger partial charge in [-0.05, 0) is 85.1 Å². The standard InChI is InChI=1S/C23H26N2/c1-16-22(5-4-6-23(16)24-21-11-12-21)20-10-9-18-13-17(15-25(2)3)7-8-19(18)14-20/h4-10,13-14,21,24H,11-12,15H2,1-3H3. The van der Waals surface area contributed by atoms with Gasteiger partial charge in [-0.2, -0.15) is 0 Å². The number of benzene rings is 3. The number of hydrogen-bond acceptors (Lipinski definition) is 2. The lowest BCUT2D eigenvalue weighted by molar-refractivity contribution is 0.403. The molecule has 0 saturated heterocycles. The van der Waals surface area contributed by atoms with Crippen LogP contribution in [0.2, 0.25) is 0 Å². The zero-order valence-corrected chi connectivity index (χ0v) is 15.3. The van der Waals surface area contributed by atoms with Crippen molar-refractivity contribution in [2.75, 3.05) is 19.4 Å². The van der Waals surface area contributed by atoms with E-state index in [0.29, 0.717) is 6.04 Å². The Bertz CT molecular complexity index is 907. The summed E-state index contributed by atoms with van der Waals surface area (Å²) >= 11 is 0. The van der Waals surface area contributed by atoms with E-state index in [-0.39, 0.29) is 0 Å². The van der Waals surface area contributed by atoms with Gasteiger partial charge in [0, 0.05) is 18.3 Å². The molecule has 0 atom stereocenters. The molecule has 2 heteroatoms. The summed E-state index contributed by atoms with van der Waals surface area (Å²) in [5.41, 5.74) is 6.60. The summed E-state index contributed by atoms with van der Waals surface area (Å²) in [5, 5.41) is 6.27. The predicted octanol–water partition coefficient (Wildman–Crippen LogP) is 5.45. The summed E-state index contributed by atoms with van der Waals surface area (Å²) in [6, 6.07) is 20.9. The van der Waals surface area contributed by atoms with Gasteiger partial charge in [0.05, 0.1) is 0 Å². The molecule has 0 radical (unpaired) electrons. The topological polar surface area (TPSA) is 15.3 Å². The van der Waals surface area contributed by atoms with E-state index < -0.39 is 0 Å². The van der Waals surface area contributed by atoms with Crippen LogP contribution in [-0.4, -0.2) is 25.0 Å². The van der Waals surface area contributed by atoms with Crippen molar-refractivity contribution in [3.05, 3.63) is 65.7 Å². The molecule has 3 aromatic rings. The van der Waals surface area contributed by atoms with Gasteiger partial charge in [-0.1, -0.05) is 36.4 Å². The SMILES string of the molecule is Cc1c(NC2CC2)cccc1-c1ccc2cc(CN(C)C)ccc2c1. The van der Waals surface area contributed by atoms with E-state index in [1.54, 1.807) is 0 Å². The minimum absolute atomic E-state index is 0.681. The van der Waals surface area contributed by atoms with Crippen molar-refractivity contribution in [1.82, 2.24) is 4.90 Å². The normalized spacial score (nSPS) is 14.2. The number of fused-ring (bicyclic) bond motifs is 1. The van der Waals surface area contributed by atoms with Crippen LogP contribution in [0.25, 0.3) is 21.9 Å². The van der Waals surface area contributed by atoms with Crippen LogP contribution in [0, 0.1) is 6.92 Å². The molecular formula is C23H26N2. The Labute approximate surface area is 150 Å². The van der Waals surface area contributed by atoms with Crippen LogP contribution in [-0.2, 0) is 6.54 Å². The van der Waals surface area contributed by atoms with Crippen LogP contribution in [0.4, 0.5) is 5.69 Å². The van der Waals surface area contributed by atoms with E-state index in [1.807, 2.05) is 0 Å². The van der Waals surface area contributed by atoms with Crippen LogP contribution in [0.1, 0.15) is 24.0 Å². The minimum atomic E-state index is 0.681. The molecule has 3 aromatic carbocycles. The molecule has 1 aliphatic rings. The van der Waals surface area contributed by atoms with E-state index in [2.05, 4.69) is 85.8 Å². The molecule has 0 bridgehead atoms. The van der Waals surface area contributed by atoms with Crippen molar-refractivity contribution in [2.24, 2.45) is 0 Å². The molecule has 1 aliphatic carbocycles. The molecule has 4 rings (SSSR count). The van der Waals surface area contributed by atoms with Crippen molar-refractivity contribution >= 4 is 16.5 Å². The van der Waals surface area contributed by atoms with Gasteiger partial charge in [-0.25, -0.2) is 0 Å². The van der Waals surface area contributed by atoms with Crippen LogP contribution in [0.5, 0.6) is 0 Å². The van der Waals surface area contributed by atoms with Crippen LogP contribution in [0.15, 0.2) is 54.6 Å². The van der Waals surface area contributed by atoms with Crippen molar-refractivity contribution < 1.29 is 0 Å². The summed E-state index contributed by atoms with van der Waals surface area (Å²) in [6.07, 6.45) is 2.60. The molecule has 0 amide bonds. The lowest BCUT2D eigenvalue weighted by Gasteiger charge is -2.14. The van der Waals surface area contributed by atoms with E-state index in [1.165, 1.54) is 51.6 Å². The first-order valence-corrected chi connectivity index (χ1v) is 9.14. The largest absolute Gasteiger partial charge is 0.382 e. The Balaban J connectivity index is 1.69. The number of anilines is 1. The fourth-order valence-electron chi connectivity index (χ4n) is 3.48. The quantitative estimate of drug-likeness (QED) is 0.669. The van der Waals surface area contributed by atoms with Gasteiger partial charge in [0.2, 0.25) is 0 Å². The molecule has 0 heterocycles. The van der Waals surface area contributed by atoms with Gasteiger partial charge in [-0.15, -0.1) is 0 Å². The number of nitrogens with zero attached hydrogens (tertiary/aromatic N) is 1. The number of hydrogen-bond donors (Lipinski definition) is 1. The van der Waals surface area contributed by atoms with Gasteiger partial charge in [0.15, 0.2) is 0 Å². The molecule has 1 saturated carbocycles. The summed E-state index contributed by atoms with van der Waals surface area (Å²) in [7, 11) is 4.22. The second kappa shape index (κ2) is 6.53. The van der Waals surface area contributed by atoms with Crippen molar-refractivity contribution in [3.8, 4) is 11.1 Å². The van der Waals surface area contributed by atoms with Crippen LogP contribution >= 0.6 is 0 Å². The zero-order valence-electron chi connectivity index (χ0n) is 15.3. The molecule has 0 aliphatic heterocycles. The Morgan fingerprint density at radius 1 is 0.960 bits per heavy atom. The maximum Gasteiger partial charge on any atom is 0.0378 e. The highest BCUT2D eigenvalue weighted by Crippen LogP contribution is 2.33. The average Bonchev–Trinajstić information content (AvgIpc) is 3.40. The summed E-state index contributed by atoms with van der Waals surface area (Å²) in [6.45, 7) is 3.20. The first-order chi connectivity index (χ1) is 12.1. The average molecular weight is 330 g/mol. The van der Waals surface area contributed by atoms with Gasteiger partial charge < -0.3 is 10.2 Å². The number of nitrogens with one attached hydrogen (secondary N) is 1. The predicted molar refractivity (Wildman–Crippen MR) is 108 cm³/mol. The Morgan fingerprint density at radius 2 is 1.72 bits per heavy atom. The molecule has 0 unspecified atom stereocenters. The Kier molecular flexibility index (Phi) is 4.22. The fraction of sp³-hybridized carbons (Fsp3) is 0.304. The van der Waals surface area contributed by atoms with E-state index in [4.69, 9.17) is 0 Å². The highest BCUT2D eigenvalue weighted by atomic mass is 15.0. The first-order valence-electron chi connectivity index (χ1n) is 9.14. The maximum absolute atomic E-state index is 3.65. The van der Waals surface area contributed by atoms with E-state index in [0.717, 1.165) is 6.54 Å². The molecular weight excluding hydrogens is 304 g/mol. The molecule has 2 nitrogen and oxygen atoms in total. The third-order valence-corrected chi connectivity index (χ3v) is 4.99. The molecule has 128 valence electrons. The Morgan fingerprint density at radius 3 is 2.48 bits per heavy atom. The van der Waals surface area contributed by atoms with Gasteiger partial charge in [0.1, 0.15) is 0 Å². The highest BCUT2D eigenvalue weighted by Gasteiger charge is 2.21. The van der Waals surface area contributed by atoms with Crippen molar-refractivity contribution in [1.29, 1.82) is 0 Å². The minimum Gasteiger partial charge on any atom is -0.382 e. The van der Waals surface area contributed by atoms with Gasteiger partial charge >= 0.3 is 0 Å². The van der Waals surface area contributed by atoms with Crippen molar-refractivity contribution in [3.63, 3.8) is 0 Å². The molecule has 0 spiro atoms. The first kappa shape index (κ1) is 16.2. The third kappa shape index (κ3) is 3.54. The lowest BCUT2D eigenvalue weighted by Crippen LogP contribution is -2.10. The zero-order chi connectivity index (χ0) is 17.4. The summed E-state index contributed by atoms with van der Waals surface area (Å²) in [4.78, 5) is 2.21. The van der Waals surface area contributed by atoms with Gasteiger partial charge in [0.25, 0.3) is 0 Å². The van der Waals surface area contributed by atoms with Crippen molar-refractivity contribution in [2.45, 2.75) is 32.4 Å². The molecule has 1 N–H and O–H groups in total. The number of rotatable bonds is 5. The fourth-order valence-corrected chi connectivity index (χ4v) is 3.48. The summed E-state index contributed by atoms with van der Waals surface area (Å²) < 4.78 is 0. The van der Waals surface area contributed by atoms with Crippen LogP contribution < -0.4 is 5.32 Å². The third-order valence-electron chi connectivity index (χ3n) is 4.99. The molecule has 0 aromatic heterocycles.